The molecule has 1 heterocycles. The molecule has 0 bridgehead atoms. The Morgan fingerprint density at radius 2 is 1.74 bits per heavy atom. The molecule has 0 unspecified atom stereocenters. The van der Waals surface area contributed by atoms with Crippen LogP contribution >= 0.6 is 0 Å². The van der Waals surface area contributed by atoms with Crippen molar-refractivity contribution >= 4 is 16.9 Å². The van der Waals surface area contributed by atoms with Gasteiger partial charge in [0, 0.05) is 25.4 Å². The fourth-order valence-corrected chi connectivity index (χ4v) is 4.59. The van der Waals surface area contributed by atoms with E-state index >= 15 is 0 Å². The quantitative estimate of drug-likeness (QED) is 0.282. The molecular formula is C29H41N3O2. The lowest BCUT2D eigenvalue weighted by atomic mass is 10.0. The molecule has 5 heteroatoms. The second-order valence-corrected chi connectivity index (χ2v) is 9.31. The molecule has 0 aliphatic heterocycles. The van der Waals surface area contributed by atoms with Gasteiger partial charge in [-0.25, -0.2) is 4.98 Å². The van der Waals surface area contributed by atoms with Crippen LogP contribution in [0.1, 0.15) is 69.3 Å². The maximum absolute atomic E-state index is 12.1. The fourth-order valence-electron chi connectivity index (χ4n) is 4.59. The van der Waals surface area contributed by atoms with E-state index in [1.54, 1.807) is 0 Å². The Kier molecular flexibility index (Phi) is 9.99. The number of unbranched alkanes of at least 4 members (excludes halogenated alkanes) is 2. The van der Waals surface area contributed by atoms with Crippen molar-refractivity contribution in [1.29, 1.82) is 0 Å². The van der Waals surface area contributed by atoms with E-state index in [0.717, 1.165) is 75.1 Å². The Bertz CT molecular complexity index is 1030. The van der Waals surface area contributed by atoms with Crippen LogP contribution < -0.4 is 10.1 Å². The summed E-state index contributed by atoms with van der Waals surface area (Å²) in [5.41, 5.74) is 4.72. The van der Waals surface area contributed by atoms with Gasteiger partial charge in [0.15, 0.2) is 0 Å². The minimum atomic E-state index is 0.152. The van der Waals surface area contributed by atoms with Crippen molar-refractivity contribution < 1.29 is 9.53 Å². The van der Waals surface area contributed by atoms with E-state index in [1.165, 1.54) is 16.6 Å². The lowest BCUT2D eigenvalue weighted by molar-refractivity contribution is -0.125. The van der Waals surface area contributed by atoms with E-state index in [-0.39, 0.29) is 11.8 Å². The molecule has 0 saturated carbocycles. The number of aromatic nitrogens is 2. The second kappa shape index (κ2) is 13.2. The van der Waals surface area contributed by atoms with E-state index in [9.17, 15) is 4.79 Å². The van der Waals surface area contributed by atoms with Crippen LogP contribution in [0, 0.1) is 19.8 Å². The molecule has 3 rings (SSSR count). The Morgan fingerprint density at radius 3 is 2.47 bits per heavy atom. The monoisotopic (exact) mass is 463 g/mol. The van der Waals surface area contributed by atoms with Crippen molar-refractivity contribution in [3.05, 3.63) is 59.4 Å². The van der Waals surface area contributed by atoms with E-state index in [4.69, 9.17) is 9.72 Å². The summed E-state index contributed by atoms with van der Waals surface area (Å²) < 4.78 is 8.38. The van der Waals surface area contributed by atoms with Gasteiger partial charge in [-0.1, -0.05) is 38.5 Å². The first-order valence-corrected chi connectivity index (χ1v) is 12.9. The summed E-state index contributed by atoms with van der Waals surface area (Å²) in [6.45, 7) is 10.7. The molecule has 0 fully saturated rings. The second-order valence-electron chi connectivity index (χ2n) is 9.31. The molecule has 0 spiro atoms. The summed E-state index contributed by atoms with van der Waals surface area (Å²) in [7, 11) is 0. The lowest BCUT2D eigenvalue weighted by Gasteiger charge is -2.13. The number of hydrogen-bond donors (Lipinski definition) is 1. The number of nitrogens with zero attached hydrogens (tertiary/aromatic N) is 2. The first-order chi connectivity index (χ1) is 16.5. The summed E-state index contributed by atoms with van der Waals surface area (Å²) >= 11 is 0. The van der Waals surface area contributed by atoms with Crippen LogP contribution in [0.5, 0.6) is 5.75 Å². The first-order valence-electron chi connectivity index (χ1n) is 12.9. The SMILES string of the molecule is CCC(CC)C(=O)NCCCCCc1nc2ccccc2n1CCCOc1cc(C)cc(C)c1. The van der Waals surface area contributed by atoms with Crippen LogP contribution in [0.15, 0.2) is 42.5 Å². The average Bonchev–Trinajstić information content (AvgIpc) is 3.16. The molecular weight excluding hydrogens is 422 g/mol. The third-order valence-electron chi connectivity index (χ3n) is 6.46. The number of hydrogen-bond acceptors (Lipinski definition) is 3. The number of para-hydroxylation sites is 2. The Hall–Kier alpha value is -2.82. The smallest absolute Gasteiger partial charge is 0.223 e. The molecule has 1 aromatic heterocycles. The Labute approximate surface area is 204 Å². The molecule has 0 aliphatic carbocycles. The van der Waals surface area contributed by atoms with Crippen molar-refractivity contribution in [2.75, 3.05) is 13.2 Å². The normalized spacial score (nSPS) is 11.3. The minimum Gasteiger partial charge on any atom is -0.494 e. The number of aryl methyl sites for hydroxylation is 4. The average molecular weight is 464 g/mol. The molecule has 0 aliphatic rings. The van der Waals surface area contributed by atoms with Gasteiger partial charge in [-0.2, -0.15) is 0 Å². The van der Waals surface area contributed by atoms with E-state index < -0.39 is 0 Å². The summed E-state index contributed by atoms with van der Waals surface area (Å²) in [6.07, 6.45) is 6.87. The molecule has 1 amide bonds. The molecule has 1 N–H and O–H groups in total. The molecule has 184 valence electrons. The number of nitrogens with one attached hydrogen (secondary N) is 1. The number of carbonyl (C=O) groups excluding carboxylic acids is 1. The topological polar surface area (TPSA) is 56.2 Å². The van der Waals surface area contributed by atoms with E-state index in [2.05, 4.69) is 80.0 Å². The first kappa shape index (κ1) is 25.8. The molecule has 5 nitrogen and oxygen atoms in total. The van der Waals surface area contributed by atoms with Gasteiger partial charge in [0.05, 0.1) is 17.6 Å². The molecule has 3 aromatic rings. The predicted octanol–water partition coefficient (Wildman–Crippen LogP) is 6.39. The predicted molar refractivity (Wildman–Crippen MR) is 140 cm³/mol. The molecule has 34 heavy (non-hydrogen) atoms. The maximum Gasteiger partial charge on any atom is 0.223 e. The van der Waals surface area contributed by atoms with Crippen LogP contribution in [-0.4, -0.2) is 28.6 Å². The Balaban J connectivity index is 1.49. The standard InChI is InChI=1S/C29H41N3O2/c1-5-24(6-2)29(33)30-16-11-7-8-15-28-31-26-13-9-10-14-27(26)32(28)17-12-18-34-25-20-22(3)19-23(4)21-25/h9-10,13-14,19-21,24H,5-8,11-12,15-18H2,1-4H3,(H,30,33). The molecule has 0 atom stereocenters. The van der Waals surface area contributed by atoms with Crippen molar-refractivity contribution in [2.45, 2.75) is 79.2 Å². The number of imidazole rings is 1. The van der Waals surface area contributed by atoms with Gasteiger partial charge in [-0.05, 0) is 81.3 Å². The number of rotatable bonds is 14. The van der Waals surface area contributed by atoms with Gasteiger partial charge < -0.3 is 14.6 Å². The highest BCUT2D eigenvalue weighted by molar-refractivity contribution is 5.78. The van der Waals surface area contributed by atoms with Gasteiger partial charge in [0.1, 0.15) is 11.6 Å². The molecule has 2 aromatic carbocycles. The Morgan fingerprint density at radius 1 is 1.00 bits per heavy atom. The van der Waals surface area contributed by atoms with Gasteiger partial charge in [-0.15, -0.1) is 0 Å². The van der Waals surface area contributed by atoms with E-state index in [0.29, 0.717) is 6.61 Å². The highest BCUT2D eigenvalue weighted by atomic mass is 16.5. The molecule has 0 radical (unpaired) electrons. The zero-order chi connectivity index (χ0) is 24.3. The fraction of sp³-hybridized carbons (Fsp3) is 0.517. The third-order valence-corrected chi connectivity index (χ3v) is 6.46. The van der Waals surface area contributed by atoms with E-state index in [1.807, 2.05) is 0 Å². The van der Waals surface area contributed by atoms with Gasteiger partial charge in [0.2, 0.25) is 5.91 Å². The van der Waals surface area contributed by atoms with Crippen LogP contribution in [0.2, 0.25) is 0 Å². The minimum absolute atomic E-state index is 0.152. The largest absolute Gasteiger partial charge is 0.494 e. The van der Waals surface area contributed by atoms with Crippen LogP contribution in [0.4, 0.5) is 0 Å². The van der Waals surface area contributed by atoms with Gasteiger partial charge in [0.25, 0.3) is 0 Å². The van der Waals surface area contributed by atoms with Crippen molar-refractivity contribution in [3.63, 3.8) is 0 Å². The zero-order valence-electron chi connectivity index (χ0n) is 21.4. The van der Waals surface area contributed by atoms with Crippen LogP contribution in [0.3, 0.4) is 0 Å². The number of amides is 1. The number of fused-ring (bicyclic) bond motifs is 1. The lowest BCUT2D eigenvalue weighted by Crippen LogP contribution is -2.30. The summed E-state index contributed by atoms with van der Waals surface area (Å²) in [5, 5.41) is 3.10. The summed E-state index contributed by atoms with van der Waals surface area (Å²) in [5.74, 6) is 2.45. The third kappa shape index (κ3) is 7.34. The maximum atomic E-state index is 12.1. The van der Waals surface area contributed by atoms with Gasteiger partial charge >= 0.3 is 0 Å². The van der Waals surface area contributed by atoms with Gasteiger partial charge in [-0.3, -0.25) is 4.79 Å². The van der Waals surface area contributed by atoms with Crippen LogP contribution in [0.25, 0.3) is 11.0 Å². The summed E-state index contributed by atoms with van der Waals surface area (Å²) in [6, 6.07) is 14.7. The van der Waals surface area contributed by atoms with Crippen molar-refractivity contribution in [1.82, 2.24) is 14.9 Å². The zero-order valence-corrected chi connectivity index (χ0v) is 21.4. The highest BCUT2D eigenvalue weighted by Gasteiger charge is 2.13. The molecule has 0 saturated heterocycles. The van der Waals surface area contributed by atoms with Crippen molar-refractivity contribution in [2.24, 2.45) is 5.92 Å². The number of benzene rings is 2. The van der Waals surface area contributed by atoms with Crippen molar-refractivity contribution in [3.8, 4) is 5.75 Å². The number of carbonyl (C=O) groups is 1. The highest BCUT2D eigenvalue weighted by Crippen LogP contribution is 2.20. The summed E-state index contributed by atoms with van der Waals surface area (Å²) in [4.78, 5) is 17.0. The number of ether oxygens (including phenoxy) is 1. The van der Waals surface area contributed by atoms with Crippen LogP contribution in [-0.2, 0) is 17.8 Å².